The fourth-order valence-corrected chi connectivity index (χ4v) is 8.58. The zero-order valence-electron chi connectivity index (χ0n) is 17.2. The summed E-state index contributed by atoms with van der Waals surface area (Å²) in [6, 6.07) is 7.14. The molecule has 0 bridgehead atoms. The molecule has 1 aliphatic heterocycles. The lowest BCUT2D eigenvalue weighted by molar-refractivity contribution is -0.412. The van der Waals surface area contributed by atoms with Gasteiger partial charge in [-0.25, -0.2) is 4.39 Å². The van der Waals surface area contributed by atoms with Crippen molar-refractivity contribution in [3.8, 4) is 0 Å². The van der Waals surface area contributed by atoms with E-state index in [2.05, 4.69) is 25.0 Å². The molecule has 156 valence electrons. The van der Waals surface area contributed by atoms with Crippen molar-refractivity contribution >= 4 is 5.91 Å². The van der Waals surface area contributed by atoms with Gasteiger partial charge >= 0.3 is 0 Å². The van der Waals surface area contributed by atoms with Crippen molar-refractivity contribution in [2.75, 3.05) is 13.1 Å². The Labute approximate surface area is 174 Å². The van der Waals surface area contributed by atoms with Gasteiger partial charge in [-0.05, 0) is 62.1 Å². The maximum atomic E-state index is 13.5. The van der Waals surface area contributed by atoms with E-state index in [-0.39, 0.29) is 28.1 Å². The Hall–Kier alpha value is -2.28. The Bertz CT molecular complexity index is 1080. The van der Waals surface area contributed by atoms with Crippen LogP contribution < -0.4 is 5.32 Å². The summed E-state index contributed by atoms with van der Waals surface area (Å²) < 4.78 is 15.6. The van der Waals surface area contributed by atoms with E-state index in [1.807, 2.05) is 19.1 Å². The predicted octanol–water partition coefficient (Wildman–Crippen LogP) is 2.17. The van der Waals surface area contributed by atoms with E-state index in [1.54, 1.807) is 12.1 Å². The molecule has 7 rings (SSSR count). The highest BCUT2D eigenvalue weighted by atomic mass is 19.1. The number of carbonyl (C=O) groups is 1. The molecular formula is C23H26FN5O. The average molecular weight is 407 g/mol. The normalized spacial score (nSPS) is 39.9. The molecule has 5 atom stereocenters. The van der Waals surface area contributed by atoms with Crippen LogP contribution >= 0.6 is 0 Å². The van der Waals surface area contributed by atoms with Crippen molar-refractivity contribution in [3.05, 3.63) is 47.3 Å². The molecule has 0 saturated heterocycles. The van der Waals surface area contributed by atoms with Crippen molar-refractivity contribution in [3.63, 3.8) is 0 Å². The number of rotatable bonds is 4. The van der Waals surface area contributed by atoms with E-state index in [0.29, 0.717) is 13.1 Å². The second-order valence-electron chi connectivity index (χ2n) is 10.3. The molecule has 1 aromatic carbocycles. The summed E-state index contributed by atoms with van der Waals surface area (Å²) in [5, 5.41) is 11.9. The molecule has 0 radical (unpaired) electrons. The topological polar surface area (TPSA) is 63.1 Å². The first-order valence-corrected chi connectivity index (χ1v) is 11.2. The van der Waals surface area contributed by atoms with E-state index in [0.717, 1.165) is 49.4 Å². The van der Waals surface area contributed by atoms with Crippen LogP contribution in [0.2, 0.25) is 0 Å². The van der Waals surface area contributed by atoms with Gasteiger partial charge in [0.25, 0.3) is 0 Å². The monoisotopic (exact) mass is 407 g/mol. The lowest BCUT2D eigenvalue weighted by atomic mass is 9.10. The minimum atomic E-state index is -0.172. The first kappa shape index (κ1) is 17.4. The van der Waals surface area contributed by atoms with E-state index >= 15 is 0 Å². The SMILES string of the molecule is Cc1nnc2n1CCN(CC(=O)NC13CC4CC5CC(c6ccc(F)cc6)(C1)C453)C2. The molecule has 30 heavy (non-hydrogen) atoms. The Morgan fingerprint density at radius 2 is 2.00 bits per heavy atom. The summed E-state index contributed by atoms with van der Waals surface area (Å²) in [6.07, 6.45) is 4.64. The molecule has 1 aromatic heterocycles. The second kappa shape index (κ2) is 5.31. The van der Waals surface area contributed by atoms with Gasteiger partial charge in [0, 0.05) is 29.5 Å². The molecule has 5 unspecified atom stereocenters. The van der Waals surface area contributed by atoms with Gasteiger partial charge in [0.05, 0.1) is 13.1 Å². The van der Waals surface area contributed by atoms with Crippen LogP contribution in [0.4, 0.5) is 4.39 Å². The number of carbonyl (C=O) groups excluding carboxylic acids is 1. The average Bonchev–Trinajstić information content (AvgIpc) is 3.03. The lowest BCUT2D eigenvalue weighted by Crippen LogP contribution is -2.98. The Morgan fingerprint density at radius 1 is 1.20 bits per heavy atom. The number of amides is 1. The van der Waals surface area contributed by atoms with E-state index < -0.39 is 0 Å². The minimum absolute atomic E-state index is 0.0311. The number of hydrogen-bond donors (Lipinski definition) is 1. The Kier molecular flexibility index (Phi) is 3.08. The molecular weight excluding hydrogens is 381 g/mol. The number of aryl methyl sites for hydroxylation is 1. The molecule has 1 N–H and O–H groups in total. The Morgan fingerprint density at radius 3 is 2.77 bits per heavy atom. The van der Waals surface area contributed by atoms with Crippen LogP contribution in [-0.2, 0) is 23.3 Å². The van der Waals surface area contributed by atoms with Gasteiger partial charge < -0.3 is 9.88 Å². The van der Waals surface area contributed by atoms with Gasteiger partial charge in [-0.2, -0.15) is 0 Å². The zero-order chi connectivity index (χ0) is 20.3. The van der Waals surface area contributed by atoms with E-state index in [4.69, 9.17) is 0 Å². The van der Waals surface area contributed by atoms with Crippen molar-refractivity contribution in [2.24, 2.45) is 17.3 Å². The van der Waals surface area contributed by atoms with Gasteiger partial charge in [-0.15, -0.1) is 10.2 Å². The maximum Gasteiger partial charge on any atom is 0.234 e. The molecule has 1 spiro atoms. The first-order chi connectivity index (χ1) is 14.5. The van der Waals surface area contributed by atoms with Crippen LogP contribution in [0, 0.1) is 30.0 Å². The molecule has 2 aromatic rings. The predicted molar refractivity (Wildman–Crippen MR) is 107 cm³/mol. The number of nitrogens with one attached hydrogen (secondary N) is 1. The summed E-state index contributed by atoms with van der Waals surface area (Å²) in [7, 11) is 0. The van der Waals surface area contributed by atoms with Crippen molar-refractivity contribution in [1.82, 2.24) is 25.0 Å². The van der Waals surface area contributed by atoms with Crippen LogP contribution in [0.15, 0.2) is 24.3 Å². The Balaban J connectivity index is 1.08. The summed E-state index contributed by atoms with van der Waals surface area (Å²) in [5.41, 5.74) is 1.66. The third-order valence-electron chi connectivity index (χ3n) is 9.39. The minimum Gasteiger partial charge on any atom is -0.349 e. The number of nitrogens with zero attached hydrogens (tertiary/aromatic N) is 4. The van der Waals surface area contributed by atoms with Crippen molar-refractivity contribution in [1.29, 1.82) is 0 Å². The van der Waals surface area contributed by atoms with Gasteiger partial charge in [0.2, 0.25) is 5.91 Å². The van der Waals surface area contributed by atoms with Crippen LogP contribution in [0.5, 0.6) is 0 Å². The summed E-state index contributed by atoms with van der Waals surface area (Å²) in [4.78, 5) is 15.2. The number of hydrogen-bond acceptors (Lipinski definition) is 4. The number of aromatic nitrogens is 3. The third-order valence-corrected chi connectivity index (χ3v) is 9.39. The maximum absolute atomic E-state index is 13.5. The molecule has 7 heteroatoms. The molecule has 4 aliphatic carbocycles. The molecule has 1 amide bonds. The smallest absolute Gasteiger partial charge is 0.234 e. The molecule has 4 saturated carbocycles. The van der Waals surface area contributed by atoms with E-state index in [9.17, 15) is 9.18 Å². The van der Waals surface area contributed by atoms with Crippen LogP contribution in [0.3, 0.4) is 0 Å². The molecule has 5 aliphatic rings. The number of benzene rings is 1. The highest BCUT2D eigenvalue weighted by Gasteiger charge is 2.94. The fraction of sp³-hybridized carbons (Fsp3) is 0.609. The van der Waals surface area contributed by atoms with Crippen LogP contribution in [0.1, 0.15) is 42.9 Å². The van der Waals surface area contributed by atoms with Crippen molar-refractivity contribution in [2.45, 2.75) is 56.7 Å². The highest BCUT2D eigenvalue weighted by Crippen LogP contribution is 2.93. The highest BCUT2D eigenvalue weighted by molar-refractivity contribution is 5.80. The molecule has 4 fully saturated rings. The van der Waals surface area contributed by atoms with Crippen LogP contribution in [-0.4, -0.2) is 44.2 Å². The summed E-state index contributed by atoms with van der Waals surface area (Å²) in [5.74, 6) is 3.31. The van der Waals surface area contributed by atoms with Gasteiger partial charge in [0.1, 0.15) is 17.5 Å². The van der Waals surface area contributed by atoms with Crippen molar-refractivity contribution < 1.29 is 9.18 Å². The van der Waals surface area contributed by atoms with E-state index in [1.165, 1.54) is 18.4 Å². The number of halogens is 1. The first-order valence-electron chi connectivity index (χ1n) is 11.2. The largest absolute Gasteiger partial charge is 0.349 e. The standard InChI is InChI=1S/C23H26FN5O/c1-14-26-27-19-11-28(6-7-29(14)19)12-20(30)25-22-10-17-8-16-9-21(13-22,23(16,17)22)15-2-4-18(24)5-3-15/h2-5,16-17H,6-13H2,1H3,(H,25,30). The number of fused-ring (bicyclic) bond motifs is 1. The molecule has 2 heterocycles. The van der Waals surface area contributed by atoms with Gasteiger partial charge in [0.15, 0.2) is 0 Å². The summed E-state index contributed by atoms with van der Waals surface area (Å²) >= 11 is 0. The second-order valence-corrected chi connectivity index (χ2v) is 10.3. The van der Waals surface area contributed by atoms with Gasteiger partial charge in [-0.3, -0.25) is 9.69 Å². The van der Waals surface area contributed by atoms with Gasteiger partial charge in [-0.1, -0.05) is 12.1 Å². The summed E-state index contributed by atoms with van der Waals surface area (Å²) in [6.45, 7) is 4.76. The fourth-order valence-electron chi connectivity index (χ4n) is 8.58. The zero-order valence-corrected chi connectivity index (χ0v) is 17.2. The lowest BCUT2D eigenvalue weighted by Gasteiger charge is -2.95. The van der Waals surface area contributed by atoms with Crippen LogP contribution in [0.25, 0.3) is 0 Å². The third kappa shape index (κ3) is 1.75. The molecule has 6 nitrogen and oxygen atoms in total. The quantitative estimate of drug-likeness (QED) is 0.844.